The van der Waals surface area contributed by atoms with Crippen molar-refractivity contribution in [1.82, 2.24) is 5.43 Å². The van der Waals surface area contributed by atoms with Gasteiger partial charge < -0.3 is 10.1 Å². The summed E-state index contributed by atoms with van der Waals surface area (Å²) in [4.78, 5) is 24.0. The van der Waals surface area contributed by atoms with Crippen LogP contribution in [0.2, 0.25) is 10.0 Å². The number of para-hydroxylation sites is 1. The molecule has 0 aliphatic heterocycles. The summed E-state index contributed by atoms with van der Waals surface area (Å²) in [5.41, 5.74) is 2.74. The fourth-order valence-electron chi connectivity index (χ4n) is 2.97. The number of carbonyl (C=O) groups excluding carboxylic acids is 2. The number of ether oxygens (including phenoxy) is 1. The van der Waals surface area contributed by atoms with E-state index < -0.39 is 23.6 Å². The molecule has 0 aliphatic rings. The minimum Gasteiger partial charge on any atom is -0.488 e. The van der Waals surface area contributed by atoms with E-state index in [2.05, 4.69) is 15.8 Å². The normalized spacial score (nSPS) is 11.4. The van der Waals surface area contributed by atoms with E-state index in [1.54, 1.807) is 42.5 Å². The van der Waals surface area contributed by atoms with E-state index in [0.717, 1.165) is 17.7 Å². The third-order valence-corrected chi connectivity index (χ3v) is 5.35. The molecule has 0 aliphatic carbocycles. The number of hydrogen-bond acceptors (Lipinski definition) is 4. The van der Waals surface area contributed by atoms with Crippen LogP contribution in [0.5, 0.6) is 5.75 Å². The van der Waals surface area contributed by atoms with E-state index in [1.807, 2.05) is 0 Å². The summed E-state index contributed by atoms with van der Waals surface area (Å²) in [5, 5.41) is 7.21. The monoisotopic (exact) mass is 537 g/mol. The van der Waals surface area contributed by atoms with Crippen LogP contribution in [0.15, 0.2) is 71.8 Å². The first kappa shape index (κ1) is 27.0. The summed E-state index contributed by atoms with van der Waals surface area (Å²) >= 11 is 12.1. The Morgan fingerprint density at radius 2 is 1.69 bits per heavy atom. The van der Waals surface area contributed by atoms with Crippen molar-refractivity contribution in [2.24, 2.45) is 5.10 Å². The lowest BCUT2D eigenvalue weighted by atomic mass is 10.2. The van der Waals surface area contributed by atoms with Crippen molar-refractivity contribution >= 4 is 46.9 Å². The third-order valence-electron chi connectivity index (χ3n) is 4.76. The summed E-state index contributed by atoms with van der Waals surface area (Å²) in [6.45, 7) is 0.189. The zero-order valence-electron chi connectivity index (χ0n) is 18.6. The van der Waals surface area contributed by atoms with Crippen LogP contribution >= 0.6 is 23.2 Å². The van der Waals surface area contributed by atoms with Crippen molar-refractivity contribution in [1.29, 1.82) is 0 Å². The molecular weight excluding hydrogens is 518 g/mol. The van der Waals surface area contributed by atoms with Crippen LogP contribution in [-0.4, -0.2) is 18.0 Å². The number of hydrazone groups is 1. The Bertz CT molecular complexity index is 1270. The number of halogens is 5. The summed E-state index contributed by atoms with van der Waals surface area (Å²) in [7, 11) is 0. The second-order valence-electron chi connectivity index (χ2n) is 7.48. The van der Waals surface area contributed by atoms with Crippen LogP contribution in [0.1, 0.15) is 29.5 Å². The number of nitrogens with zero attached hydrogens (tertiary/aromatic N) is 1. The number of carbonyl (C=O) groups is 2. The first-order chi connectivity index (χ1) is 17.1. The molecule has 2 N–H and O–H groups in total. The van der Waals surface area contributed by atoms with Gasteiger partial charge in [0, 0.05) is 39.7 Å². The topological polar surface area (TPSA) is 79.8 Å². The molecule has 0 bridgehead atoms. The van der Waals surface area contributed by atoms with Crippen LogP contribution in [-0.2, 0) is 22.4 Å². The van der Waals surface area contributed by atoms with Gasteiger partial charge in [-0.25, -0.2) is 5.43 Å². The first-order valence-electron chi connectivity index (χ1n) is 10.6. The summed E-state index contributed by atoms with van der Waals surface area (Å²) in [5.74, 6) is -0.646. The van der Waals surface area contributed by atoms with Gasteiger partial charge in [0.25, 0.3) is 0 Å². The van der Waals surface area contributed by atoms with Crippen LogP contribution in [0.25, 0.3) is 0 Å². The van der Waals surface area contributed by atoms with Crippen molar-refractivity contribution in [3.63, 3.8) is 0 Å². The zero-order valence-corrected chi connectivity index (χ0v) is 20.1. The maximum Gasteiger partial charge on any atom is 0.416 e. The minimum atomic E-state index is -4.52. The van der Waals surface area contributed by atoms with Gasteiger partial charge in [-0.3, -0.25) is 9.59 Å². The number of amides is 2. The number of anilines is 1. The molecule has 2 amide bonds. The number of alkyl halides is 3. The highest BCUT2D eigenvalue weighted by Gasteiger charge is 2.30. The molecule has 0 saturated carbocycles. The Hall–Kier alpha value is -3.56. The SMILES string of the molecule is O=C(CCC(=O)Nc1cccc(C(F)(F)F)c1)NN=Cc1ccccc1OCc1ccc(Cl)cc1Cl. The van der Waals surface area contributed by atoms with E-state index in [-0.39, 0.29) is 25.1 Å². The molecule has 0 atom stereocenters. The Labute approximate surface area is 215 Å². The Kier molecular flexibility index (Phi) is 9.32. The molecule has 188 valence electrons. The molecule has 0 radical (unpaired) electrons. The van der Waals surface area contributed by atoms with Crippen molar-refractivity contribution in [3.8, 4) is 5.75 Å². The molecule has 3 aromatic rings. The van der Waals surface area contributed by atoms with Gasteiger partial charge in [-0.2, -0.15) is 18.3 Å². The van der Waals surface area contributed by atoms with Crippen LogP contribution in [0.4, 0.5) is 18.9 Å². The second-order valence-corrected chi connectivity index (χ2v) is 8.33. The largest absolute Gasteiger partial charge is 0.488 e. The average Bonchev–Trinajstić information content (AvgIpc) is 2.82. The highest BCUT2D eigenvalue weighted by atomic mass is 35.5. The van der Waals surface area contributed by atoms with Gasteiger partial charge in [0.2, 0.25) is 11.8 Å². The number of benzene rings is 3. The van der Waals surface area contributed by atoms with Gasteiger partial charge in [-0.05, 0) is 42.5 Å². The van der Waals surface area contributed by atoms with Gasteiger partial charge in [0.05, 0.1) is 11.8 Å². The molecule has 3 rings (SSSR count). The predicted octanol–water partition coefficient (Wildman–Crippen LogP) is 6.46. The van der Waals surface area contributed by atoms with E-state index in [0.29, 0.717) is 21.4 Å². The fraction of sp³-hybridized carbons (Fsp3) is 0.160. The molecule has 3 aromatic carbocycles. The molecular formula is C25H20Cl2F3N3O3. The van der Waals surface area contributed by atoms with Crippen molar-refractivity contribution < 1.29 is 27.5 Å². The first-order valence-corrected chi connectivity index (χ1v) is 11.3. The molecule has 36 heavy (non-hydrogen) atoms. The molecule has 11 heteroatoms. The Morgan fingerprint density at radius 3 is 2.44 bits per heavy atom. The van der Waals surface area contributed by atoms with Crippen LogP contribution < -0.4 is 15.5 Å². The summed E-state index contributed by atoms with van der Waals surface area (Å²) in [6.07, 6.45) is -3.58. The average molecular weight is 538 g/mol. The summed E-state index contributed by atoms with van der Waals surface area (Å²) < 4.78 is 44.1. The minimum absolute atomic E-state index is 0.00949. The lowest BCUT2D eigenvalue weighted by Gasteiger charge is -2.10. The predicted molar refractivity (Wildman–Crippen MR) is 132 cm³/mol. The number of rotatable bonds is 9. The lowest BCUT2D eigenvalue weighted by molar-refractivity contribution is -0.137. The lowest BCUT2D eigenvalue weighted by Crippen LogP contribution is -2.20. The Balaban J connectivity index is 1.48. The van der Waals surface area contributed by atoms with E-state index in [4.69, 9.17) is 27.9 Å². The van der Waals surface area contributed by atoms with Crippen LogP contribution in [0.3, 0.4) is 0 Å². The van der Waals surface area contributed by atoms with Gasteiger partial charge >= 0.3 is 6.18 Å². The standard InChI is InChI=1S/C25H20Cl2F3N3O3/c26-19-9-8-17(21(27)13-19)15-36-22-7-2-1-4-16(22)14-31-33-24(35)11-10-23(34)32-20-6-3-5-18(12-20)25(28,29)30/h1-9,12-14H,10-11,15H2,(H,32,34)(H,33,35). The smallest absolute Gasteiger partial charge is 0.416 e. The van der Waals surface area contributed by atoms with Crippen molar-refractivity contribution in [3.05, 3.63) is 93.5 Å². The maximum atomic E-state index is 12.8. The van der Waals surface area contributed by atoms with Crippen molar-refractivity contribution in [2.75, 3.05) is 5.32 Å². The van der Waals surface area contributed by atoms with E-state index in [1.165, 1.54) is 18.3 Å². The number of nitrogens with one attached hydrogen (secondary N) is 2. The molecule has 0 saturated heterocycles. The van der Waals surface area contributed by atoms with Crippen LogP contribution in [0, 0.1) is 0 Å². The van der Waals surface area contributed by atoms with E-state index in [9.17, 15) is 22.8 Å². The zero-order chi connectivity index (χ0) is 26.1. The molecule has 0 spiro atoms. The molecule has 6 nitrogen and oxygen atoms in total. The molecule has 0 fully saturated rings. The van der Waals surface area contributed by atoms with Gasteiger partial charge in [0.15, 0.2) is 0 Å². The maximum absolute atomic E-state index is 12.8. The molecule has 0 aromatic heterocycles. The quantitative estimate of drug-likeness (QED) is 0.243. The van der Waals surface area contributed by atoms with Crippen molar-refractivity contribution in [2.45, 2.75) is 25.6 Å². The second kappa shape index (κ2) is 12.4. The fourth-order valence-corrected chi connectivity index (χ4v) is 3.43. The third kappa shape index (κ3) is 8.28. The molecule has 0 heterocycles. The highest BCUT2D eigenvalue weighted by molar-refractivity contribution is 6.35. The molecule has 0 unspecified atom stereocenters. The van der Waals surface area contributed by atoms with E-state index >= 15 is 0 Å². The van der Waals surface area contributed by atoms with Gasteiger partial charge in [0.1, 0.15) is 12.4 Å². The van der Waals surface area contributed by atoms with Gasteiger partial charge in [-0.15, -0.1) is 0 Å². The highest BCUT2D eigenvalue weighted by Crippen LogP contribution is 2.30. The Morgan fingerprint density at radius 1 is 0.944 bits per heavy atom. The van der Waals surface area contributed by atoms with Gasteiger partial charge in [-0.1, -0.05) is 47.5 Å². The number of hydrogen-bond donors (Lipinski definition) is 2. The summed E-state index contributed by atoms with van der Waals surface area (Å²) in [6, 6.07) is 16.3.